The summed E-state index contributed by atoms with van der Waals surface area (Å²) < 4.78 is 0. The third kappa shape index (κ3) is 3.10. The Labute approximate surface area is 109 Å². The van der Waals surface area contributed by atoms with Crippen molar-refractivity contribution in [2.45, 2.75) is 39.2 Å². The molecule has 98 valence electrons. The molecule has 1 N–H and O–H groups in total. The summed E-state index contributed by atoms with van der Waals surface area (Å²) in [6.45, 7) is 5.17. The lowest BCUT2D eigenvalue weighted by Gasteiger charge is -2.20. The van der Waals surface area contributed by atoms with Gasteiger partial charge in [0, 0.05) is 25.2 Å². The smallest absolute Gasteiger partial charge is 0.228 e. The van der Waals surface area contributed by atoms with Crippen LogP contribution in [-0.2, 0) is 4.79 Å². The standard InChI is InChI=1S/C15H22N2O/c1-11-7-12(2)9-14(8-11)17(3)15(18)10-13-5-4-6-16-13/h7-9,13,16H,4-6,10H2,1-3H3. The van der Waals surface area contributed by atoms with Gasteiger partial charge in [-0.25, -0.2) is 0 Å². The predicted molar refractivity (Wildman–Crippen MR) is 75.0 cm³/mol. The molecule has 18 heavy (non-hydrogen) atoms. The van der Waals surface area contributed by atoms with E-state index in [9.17, 15) is 4.79 Å². The van der Waals surface area contributed by atoms with Crippen LogP contribution in [0, 0.1) is 13.8 Å². The second kappa shape index (κ2) is 5.53. The molecule has 1 amide bonds. The number of amides is 1. The van der Waals surface area contributed by atoms with E-state index in [4.69, 9.17) is 0 Å². The summed E-state index contributed by atoms with van der Waals surface area (Å²) in [6, 6.07) is 6.62. The highest BCUT2D eigenvalue weighted by atomic mass is 16.2. The van der Waals surface area contributed by atoms with Gasteiger partial charge in [-0.2, -0.15) is 0 Å². The summed E-state index contributed by atoms with van der Waals surface area (Å²) >= 11 is 0. The molecule has 1 saturated heterocycles. The Bertz CT molecular complexity index is 416. The lowest BCUT2D eigenvalue weighted by atomic mass is 10.1. The third-order valence-electron chi connectivity index (χ3n) is 3.55. The molecule has 2 rings (SSSR count). The van der Waals surface area contributed by atoms with Crippen molar-refractivity contribution in [3.05, 3.63) is 29.3 Å². The Morgan fingerprint density at radius 2 is 2.00 bits per heavy atom. The van der Waals surface area contributed by atoms with E-state index in [1.54, 1.807) is 4.90 Å². The van der Waals surface area contributed by atoms with Crippen molar-refractivity contribution in [3.63, 3.8) is 0 Å². The minimum atomic E-state index is 0.194. The van der Waals surface area contributed by atoms with Crippen molar-refractivity contribution in [3.8, 4) is 0 Å². The van der Waals surface area contributed by atoms with Crippen LogP contribution < -0.4 is 10.2 Å². The fourth-order valence-electron chi connectivity index (χ4n) is 2.57. The largest absolute Gasteiger partial charge is 0.315 e. The van der Waals surface area contributed by atoms with Gasteiger partial charge in [0.1, 0.15) is 0 Å². The average molecular weight is 246 g/mol. The first kappa shape index (κ1) is 13.1. The normalized spacial score (nSPS) is 18.9. The summed E-state index contributed by atoms with van der Waals surface area (Å²) in [6.07, 6.45) is 2.90. The topological polar surface area (TPSA) is 32.3 Å². The Kier molecular flexibility index (Phi) is 4.02. The van der Waals surface area contributed by atoms with Crippen molar-refractivity contribution in [1.29, 1.82) is 0 Å². The van der Waals surface area contributed by atoms with Gasteiger partial charge in [0.2, 0.25) is 5.91 Å². The number of nitrogens with one attached hydrogen (secondary N) is 1. The molecule has 0 aliphatic carbocycles. The molecule has 1 atom stereocenters. The maximum Gasteiger partial charge on any atom is 0.228 e. The van der Waals surface area contributed by atoms with Crippen LogP contribution in [0.15, 0.2) is 18.2 Å². The van der Waals surface area contributed by atoms with E-state index in [0.717, 1.165) is 18.7 Å². The molecule has 3 nitrogen and oxygen atoms in total. The van der Waals surface area contributed by atoms with Crippen LogP contribution in [0.1, 0.15) is 30.4 Å². The second-order valence-corrected chi connectivity index (χ2v) is 5.30. The lowest BCUT2D eigenvalue weighted by Crippen LogP contribution is -2.33. The van der Waals surface area contributed by atoms with Gasteiger partial charge >= 0.3 is 0 Å². The lowest BCUT2D eigenvalue weighted by molar-refractivity contribution is -0.118. The van der Waals surface area contributed by atoms with E-state index in [-0.39, 0.29) is 5.91 Å². The zero-order chi connectivity index (χ0) is 13.1. The number of rotatable bonds is 3. The Morgan fingerprint density at radius 1 is 1.33 bits per heavy atom. The molecule has 1 heterocycles. The molecular weight excluding hydrogens is 224 g/mol. The van der Waals surface area contributed by atoms with Gasteiger partial charge in [0.15, 0.2) is 0 Å². The first-order valence-corrected chi connectivity index (χ1v) is 6.64. The molecule has 1 aliphatic rings. The van der Waals surface area contributed by atoms with Gasteiger partial charge in [-0.15, -0.1) is 0 Å². The zero-order valence-electron chi connectivity index (χ0n) is 11.5. The van der Waals surface area contributed by atoms with Crippen LogP contribution in [-0.4, -0.2) is 25.5 Å². The number of anilines is 1. The van der Waals surface area contributed by atoms with E-state index in [2.05, 4.69) is 37.4 Å². The molecule has 1 aromatic carbocycles. The van der Waals surface area contributed by atoms with E-state index >= 15 is 0 Å². The fraction of sp³-hybridized carbons (Fsp3) is 0.533. The number of carbonyl (C=O) groups excluding carboxylic acids is 1. The Hall–Kier alpha value is -1.35. The first-order chi connectivity index (χ1) is 8.56. The highest BCUT2D eigenvalue weighted by molar-refractivity contribution is 5.93. The number of benzene rings is 1. The van der Waals surface area contributed by atoms with Crippen LogP contribution in [0.25, 0.3) is 0 Å². The van der Waals surface area contributed by atoms with E-state index in [1.807, 2.05) is 7.05 Å². The maximum absolute atomic E-state index is 12.2. The molecule has 0 aromatic heterocycles. The van der Waals surface area contributed by atoms with E-state index in [1.165, 1.54) is 17.5 Å². The van der Waals surface area contributed by atoms with Crippen molar-refractivity contribution in [2.75, 3.05) is 18.5 Å². The van der Waals surface area contributed by atoms with Crippen molar-refractivity contribution >= 4 is 11.6 Å². The van der Waals surface area contributed by atoms with Crippen molar-refractivity contribution in [1.82, 2.24) is 5.32 Å². The van der Waals surface area contributed by atoms with Gasteiger partial charge in [0.05, 0.1) is 0 Å². The second-order valence-electron chi connectivity index (χ2n) is 5.30. The minimum Gasteiger partial charge on any atom is -0.315 e. The number of hydrogen-bond donors (Lipinski definition) is 1. The highest BCUT2D eigenvalue weighted by Crippen LogP contribution is 2.19. The first-order valence-electron chi connectivity index (χ1n) is 6.64. The monoisotopic (exact) mass is 246 g/mol. The highest BCUT2D eigenvalue weighted by Gasteiger charge is 2.20. The molecule has 3 heteroatoms. The molecule has 0 spiro atoms. The van der Waals surface area contributed by atoms with Crippen molar-refractivity contribution < 1.29 is 4.79 Å². The molecular formula is C15H22N2O. The summed E-state index contributed by atoms with van der Waals surface area (Å²) in [4.78, 5) is 14.0. The predicted octanol–water partition coefficient (Wildman–Crippen LogP) is 2.41. The van der Waals surface area contributed by atoms with Crippen LogP contribution >= 0.6 is 0 Å². The van der Waals surface area contributed by atoms with E-state index in [0.29, 0.717) is 12.5 Å². The molecule has 1 fully saturated rings. The summed E-state index contributed by atoms with van der Waals surface area (Å²) in [5.41, 5.74) is 3.39. The van der Waals surface area contributed by atoms with Crippen LogP contribution in [0.3, 0.4) is 0 Å². The number of nitrogens with zero attached hydrogens (tertiary/aromatic N) is 1. The summed E-state index contributed by atoms with van der Waals surface area (Å²) in [7, 11) is 1.87. The molecule has 0 saturated carbocycles. The Balaban J connectivity index is 2.04. The maximum atomic E-state index is 12.2. The quantitative estimate of drug-likeness (QED) is 0.888. The fourth-order valence-corrected chi connectivity index (χ4v) is 2.57. The Morgan fingerprint density at radius 3 is 2.56 bits per heavy atom. The average Bonchev–Trinajstić information content (AvgIpc) is 2.79. The number of hydrogen-bond acceptors (Lipinski definition) is 2. The van der Waals surface area contributed by atoms with E-state index < -0.39 is 0 Å². The number of carbonyl (C=O) groups is 1. The van der Waals surface area contributed by atoms with Crippen LogP contribution in [0.5, 0.6) is 0 Å². The minimum absolute atomic E-state index is 0.194. The third-order valence-corrected chi connectivity index (χ3v) is 3.55. The van der Waals surface area contributed by atoms with Gasteiger partial charge < -0.3 is 10.2 Å². The molecule has 0 bridgehead atoms. The summed E-state index contributed by atoms with van der Waals surface area (Å²) in [5, 5.41) is 3.37. The van der Waals surface area contributed by atoms with Crippen molar-refractivity contribution in [2.24, 2.45) is 0 Å². The summed E-state index contributed by atoms with van der Waals surface area (Å²) in [5.74, 6) is 0.194. The molecule has 1 aliphatic heterocycles. The van der Waals surface area contributed by atoms with Crippen LogP contribution in [0.4, 0.5) is 5.69 Å². The van der Waals surface area contributed by atoms with Gasteiger partial charge in [-0.05, 0) is 56.5 Å². The molecule has 1 unspecified atom stereocenters. The van der Waals surface area contributed by atoms with Gasteiger partial charge in [-0.1, -0.05) is 6.07 Å². The SMILES string of the molecule is Cc1cc(C)cc(N(C)C(=O)CC2CCCN2)c1. The number of aryl methyl sites for hydroxylation is 2. The zero-order valence-corrected chi connectivity index (χ0v) is 11.5. The van der Waals surface area contributed by atoms with Gasteiger partial charge in [-0.3, -0.25) is 4.79 Å². The van der Waals surface area contributed by atoms with Gasteiger partial charge in [0.25, 0.3) is 0 Å². The van der Waals surface area contributed by atoms with Crippen LogP contribution in [0.2, 0.25) is 0 Å². The molecule has 0 radical (unpaired) electrons. The molecule has 1 aromatic rings.